The Hall–Kier alpha value is -3.86. The van der Waals surface area contributed by atoms with Gasteiger partial charge in [0.25, 0.3) is 0 Å². The minimum Gasteiger partial charge on any atom is -0.462 e. The van der Waals surface area contributed by atoms with E-state index in [0.29, 0.717) is 25.7 Å². The smallest absolute Gasteiger partial charge is 0.462 e. The first kappa shape index (κ1) is 72.1. The van der Waals surface area contributed by atoms with Crippen LogP contribution in [0.3, 0.4) is 0 Å². The van der Waals surface area contributed by atoms with Gasteiger partial charge in [-0.15, -0.1) is 0 Å². The molecule has 3 atom stereocenters. The molecular weight excluding hydrogens is 976 g/mol. The SMILES string of the molecule is CC/C=C\C/C=C\C/C=C\C/C=C\C/C=C\CCCC(=O)OCC(COP(=O)(O)OCC(CO)OC(=O)CCCCCCCCCCCCCCC)OC(=O)CCCCCCCC/C=C\C/C=C\C/C=C\C/C=C\CC. The highest BCUT2D eigenvalue weighted by Crippen LogP contribution is 2.43. The average molecular weight is 1080 g/mol. The molecule has 0 aliphatic rings. The van der Waals surface area contributed by atoms with Gasteiger partial charge in [0.15, 0.2) is 6.10 Å². The Morgan fingerprint density at radius 3 is 1.09 bits per heavy atom. The maximum Gasteiger partial charge on any atom is 0.472 e. The van der Waals surface area contributed by atoms with E-state index >= 15 is 0 Å². The molecule has 0 bridgehead atoms. The van der Waals surface area contributed by atoms with Crippen molar-refractivity contribution in [3.05, 3.63) is 109 Å². The number of hydrogen-bond acceptors (Lipinski definition) is 10. The Morgan fingerprint density at radius 2 is 0.697 bits per heavy atom. The zero-order chi connectivity index (χ0) is 55.5. The summed E-state index contributed by atoms with van der Waals surface area (Å²) in [6.45, 7) is 4.34. The van der Waals surface area contributed by atoms with Gasteiger partial charge in [-0.25, -0.2) is 4.57 Å². The number of carbonyl (C=O) groups is 3. The third-order valence-corrected chi connectivity index (χ3v) is 13.1. The lowest BCUT2D eigenvalue weighted by Gasteiger charge is -2.21. The van der Waals surface area contributed by atoms with E-state index in [1.807, 2.05) is 6.08 Å². The zero-order valence-electron chi connectivity index (χ0n) is 47.9. The van der Waals surface area contributed by atoms with Crippen molar-refractivity contribution in [3.8, 4) is 0 Å². The molecule has 0 rings (SSSR count). The fourth-order valence-corrected chi connectivity index (χ4v) is 8.52. The molecule has 0 aromatic rings. The maximum atomic E-state index is 12.9. The topological polar surface area (TPSA) is 155 Å². The zero-order valence-corrected chi connectivity index (χ0v) is 48.8. The minimum atomic E-state index is -4.77. The second kappa shape index (κ2) is 57.3. The molecule has 0 spiro atoms. The standard InChI is InChI=1S/C64H107O11P/c1-4-7-10-13-16-19-22-25-27-29-30-32-34-37-40-43-46-49-52-55-64(68)75-61(57-71-62(66)53-50-47-44-41-38-36-33-31-28-26-23-20-17-14-11-8-5-2)59-73-76(69,70)72-58-60(56-65)74-63(67)54-51-48-45-42-39-35-24-21-18-15-12-9-6-3/h7-8,10-11,16-17,19-20,25-28,30,32-33,36,41,44,60-61,65H,4-6,9,12-15,18,21-24,29,31,34-35,37-40,42-43,45-59H2,1-3H3,(H,69,70)/b10-7-,11-8-,19-16-,20-17-,27-25-,28-26-,32-30-,36-33-,44-41-. The van der Waals surface area contributed by atoms with Crippen LogP contribution in [0.1, 0.15) is 239 Å². The second-order valence-corrected chi connectivity index (χ2v) is 20.9. The van der Waals surface area contributed by atoms with Crippen molar-refractivity contribution < 1.29 is 52.2 Å². The highest BCUT2D eigenvalue weighted by Gasteiger charge is 2.28. The summed E-state index contributed by atoms with van der Waals surface area (Å²) in [6, 6.07) is 0. The molecule has 0 radical (unpaired) electrons. The predicted octanol–water partition coefficient (Wildman–Crippen LogP) is 17.8. The van der Waals surface area contributed by atoms with Crippen LogP contribution in [-0.2, 0) is 42.2 Å². The summed E-state index contributed by atoms with van der Waals surface area (Å²) >= 11 is 0. The van der Waals surface area contributed by atoms with Gasteiger partial charge in [-0.3, -0.25) is 23.4 Å². The summed E-state index contributed by atoms with van der Waals surface area (Å²) < 4.78 is 39.5. The maximum absolute atomic E-state index is 12.9. The normalized spacial score (nSPS) is 14.1. The Balaban J connectivity index is 4.84. The number of phosphoric ester groups is 1. The van der Waals surface area contributed by atoms with Crippen molar-refractivity contribution in [2.24, 2.45) is 0 Å². The van der Waals surface area contributed by atoms with Crippen LogP contribution in [0.15, 0.2) is 109 Å². The monoisotopic (exact) mass is 1080 g/mol. The van der Waals surface area contributed by atoms with Crippen molar-refractivity contribution in [1.82, 2.24) is 0 Å². The van der Waals surface area contributed by atoms with E-state index in [-0.39, 0.29) is 25.9 Å². The summed E-state index contributed by atoms with van der Waals surface area (Å²) in [7, 11) is -4.77. The third kappa shape index (κ3) is 54.9. The molecule has 0 aromatic carbocycles. The fourth-order valence-electron chi connectivity index (χ4n) is 7.74. The lowest BCUT2D eigenvalue weighted by atomic mass is 10.0. The summed E-state index contributed by atoms with van der Waals surface area (Å²) in [5.74, 6) is -1.55. The molecule has 434 valence electrons. The molecule has 3 unspecified atom stereocenters. The van der Waals surface area contributed by atoms with E-state index < -0.39 is 57.8 Å². The summed E-state index contributed by atoms with van der Waals surface area (Å²) in [6.07, 6.45) is 69.0. The first-order valence-corrected chi connectivity index (χ1v) is 31.3. The van der Waals surface area contributed by atoms with Gasteiger partial charge in [-0.1, -0.05) is 233 Å². The lowest BCUT2D eigenvalue weighted by molar-refractivity contribution is -0.161. The van der Waals surface area contributed by atoms with Gasteiger partial charge in [0.1, 0.15) is 12.7 Å². The number of phosphoric acid groups is 1. The second-order valence-electron chi connectivity index (χ2n) is 19.4. The van der Waals surface area contributed by atoms with Gasteiger partial charge in [0.2, 0.25) is 0 Å². The predicted molar refractivity (Wildman–Crippen MR) is 316 cm³/mol. The van der Waals surface area contributed by atoms with Crippen LogP contribution in [0.2, 0.25) is 0 Å². The van der Waals surface area contributed by atoms with Gasteiger partial charge < -0.3 is 24.2 Å². The molecule has 0 fully saturated rings. The van der Waals surface area contributed by atoms with Crippen molar-refractivity contribution >= 4 is 25.7 Å². The number of aliphatic hydroxyl groups excluding tert-OH is 1. The highest BCUT2D eigenvalue weighted by molar-refractivity contribution is 7.47. The molecule has 76 heavy (non-hydrogen) atoms. The Labute approximate surface area is 463 Å². The summed E-state index contributed by atoms with van der Waals surface area (Å²) in [5, 5.41) is 9.82. The van der Waals surface area contributed by atoms with Crippen molar-refractivity contribution in [1.29, 1.82) is 0 Å². The van der Waals surface area contributed by atoms with E-state index in [4.69, 9.17) is 23.3 Å². The lowest BCUT2D eigenvalue weighted by Crippen LogP contribution is -2.30. The number of ether oxygens (including phenoxy) is 3. The number of unbranched alkanes of at least 4 members (excludes halogenated alkanes) is 19. The number of carbonyl (C=O) groups excluding carboxylic acids is 3. The number of aliphatic hydroxyl groups is 1. The quantitative estimate of drug-likeness (QED) is 0.0197. The van der Waals surface area contributed by atoms with Crippen LogP contribution in [0.5, 0.6) is 0 Å². The molecule has 12 heteroatoms. The van der Waals surface area contributed by atoms with Gasteiger partial charge in [-0.2, -0.15) is 0 Å². The Bertz CT molecular complexity index is 1690. The molecule has 11 nitrogen and oxygen atoms in total. The first-order chi connectivity index (χ1) is 37.2. The Morgan fingerprint density at radius 1 is 0.382 bits per heavy atom. The van der Waals surface area contributed by atoms with E-state index in [0.717, 1.165) is 116 Å². The van der Waals surface area contributed by atoms with E-state index in [1.54, 1.807) is 0 Å². The molecule has 2 N–H and O–H groups in total. The van der Waals surface area contributed by atoms with E-state index in [1.165, 1.54) is 57.8 Å². The molecule has 0 aliphatic carbocycles. The number of esters is 3. The molecule has 0 aliphatic heterocycles. The van der Waals surface area contributed by atoms with Crippen molar-refractivity contribution in [2.45, 2.75) is 251 Å². The van der Waals surface area contributed by atoms with Gasteiger partial charge in [0, 0.05) is 19.3 Å². The molecule has 0 heterocycles. The minimum absolute atomic E-state index is 0.135. The molecule has 0 aromatic heterocycles. The van der Waals surface area contributed by atoms with Crippen LogP contribution in [-0.4, -0.2) is 66.5 Å². The summed E-state index contributed by atoms with van der Waals surface area (Å²) in [4.78, 5) is 48.6. The van der Waals surface area contributed by atoms with Crippen molar-refractivity contribution in [2.75, 3.05) is 26.4 Å². The van der Waals surface area contributed by atoms with Crippen LogP contribution < -0.4 is 0 Å². The number of rotatable bonds is 54. The van der Waals surface area contributed by atoms with E-state index in [2.05, 4.69) is 124 Å². The molecular formula is C64H107O11P. The van der Waals surface area contributed by atoms with Gasteiger partial charge >= 0.3 is 25.7 Å². The van der Waals surface area contributed by atoms with Gasteiger partial charge in [0.05, 0.1) is 19.8 Å². The van der Waals surface area contributed by atoms with Crippen LogP contribution >= 0.6 is 7.82 Å². The number of hydrogen-bond donors (Lipinski definition) is 2. The van der Waals surface area contributed by atoms with Crippen LogP contribution in [0, 0.1) is 0 Å². The van der Waals surface area contributed by atoms with Crippen molar-refractivity contribution in [3.63, 3.8) is 0 Å². The summed E-state index contributed by atoms with van der Waals surface area (Å²) in [5.41, 5.74) is 0. The van der Waals surface area contributed by atoms with Crippen LogP contribution in [0.4, 0.5) is 0 Å². The first-order valence-electron chi connectivity index (χ1n) is 29.8. The highest BCUT2D eigenvalue weighted by atomic mass is 31.2. The largest absolute Gasteiger partial charge is 0.472 e. The van der Waals surface area contributed by atoms with Gasteiger partial charge in [-0.05, 0) is 96.3 Å². The number of allylic oxidation sites excluding steroid dienone is 18. The Kier molecular flexibility index (Phi) is 54.4. The third-order valence-electron chi connectivity index (χ3n) is 12.2. The molecule has 0 amide bonds. The fraction of sp³-hybridized carbons (Fsp3) is 0.672. The van der Waals surface area contributed by atoms with E-state index in [9.17, 15) is 28.9 Å². The molecule has 0 saturated carbocycles. The average Bonchev–Trinajstić information content (AvgIpc) is 3.41. The molecule has 0 saturated heterocycles. The van der Waals surface area contributed by atoms with Crippen LogP contribution in [0.25, 0.3) is 0 Å².